The van der Waals surface area contributed by atoms with Crippen LogP contribution in [-0.4, -0.2) is 47.0 Å². The van der Waals surface area contributed by atoms with Crippen molar-refractivity contribution < 1.29 is 9.90 Å². The first kappa shape index (κ1) is 19.4. The van der Waals surface area contributed by atoms with Gasteiger partial charge in [-0.05, 0) is 74.4 Å². The monoisotopic (exact) mass is 358 g/mol. The molecule has 26 heavy (non-hydrogen) atoms. The Morgan fingerprint density at radius 1 is 1.15 bits per heavy atom. The van der Waals surface area contributed by atoms with Crippen LogP contribution in [-0.2, 0) is 17.9 Å². The number of nitrogens with zero attached hydrogens (tertiary/aromatic N) is 2. The van der Waals surface area contributed by atoms with E-state index in [1.165, 1.54) is 47.9 Å². The molecule has 2 aliphatic rings. The van der Waals surface area contributed by atoms with Gasteiger partial charge in [0, 0.05) is 32.1 Å². The normalized spacial score (nSPS) is 21.4. The van der Waals surface area contributed by atoms with Crippen molar-refractivity contribution in [2.75, 3.05) is 20.1 Å². The first-order chi connectivity index (χ1) is 12.4. The molecule has 0 spiro atoms. The lowest BCUT2D eigenvalue weighted by Crippen LogP contribution is -2.35. The number of amides is 1. The number of hydrogen-bond acceptors (Lipinski definition) is 3. The van der Waals surface area contributed by atoms with E-state index >= 15 is 0 Å². The van der Waals surface area contributed by atoms with Crippen LogP contribution in [0.1, 0.15) is 59.9 Å². The van der Waals surface area contributed by atoms with Crippen molar-refractivity contribution >= 4 is 5.91 Å². The number of carbonyl (C=O) groups is 1. The van der Waals surface area contributed by atoms with E-state index in [0.29, 0.717) is 24.3 Å². The summed E-state index contributed by atoms with van der Waals surface area (Å²) in [5.74, 6) is 0.803. The standard InChI is InChI=1S/C22H34N2O2/c1-15-9-16(2)21(14-25)17(3)20(15)13-23(4)11-18-10-22(26)24(12-18)19-7-5-6-8-19/h9,18-19,25H,5-8,10-14H2,1-4H3/t18-/m1/s1. The molecule has 4 heteroatoms. The molecule has 1 atom stereocenters. The third kappa shape index (κ3) is 3.96. The number of aliphatic hydroxyl groups is 1. The molecule has 1 aliphatic carbocycles. The average molecular weight is 359 g/mol. The number of aryl methyl sites for hydroxylation is 2. The van der Waals surface area contributed by atoms with E-state index in [9.17, 15) is 9.90 Å². The van der Waals surface area contributed by atoms with Crippen molar-refractivity contribution in [3.8, 4) is 0 Å². The summed E-state index contributed by atoms with van der Waals surface area (Å²) in [6.07, 6.45) is 5.64. The summed E-state index contributed by atoms with van der Waals surface area (Å²) in [7, 11) is 2.15. The SMILES string of the molecule is Cc1cc(C)c(CN(C)C[C@H]2CC(=O)N(C3CCCC3)C2)c(C)c1CO. The second kappa shape index (κ2) is 8.10. The Labute approximate surface area is 158 Å². The fraction of sp³-hybridized carbons (Fsp3) is 0.682. The Kier molecular flexibility index (Phi) is 6.03. The Hall–Kier alpha value is -1.39. The van der Waals surface area contributed by atoms with Crippen molar-refractivity contribution in [2.45, 2.75) is 72.1 Å². The predicted octanol–water partition coefficient (Wildman–Crippen LogP) is 3.33. The van der Waals surface area contributed by atoms with Gasteiger partial charge in [-0.2, -0.15) is 0 Å². The highest BCUT2D eigenvalue weighted by Gasteiger charge is 2.35. The summed E-state index contributed by atoms with van der Waals surface area (Å²) in [6, 6.07) is 2.69. The molecular formula is C22H34N2O2. The summed E-state index contributed by atoms with van der Waals surface area (Å²) in [4.78, 5) is 16.9. The topological polar surface area (TPSA) is 43.8 Å². The summed E-state index contributed by atoms with van der Waals surface area (Å²) in [5, 5.41) is 9.68. The lowest BCUT2D eigenvalue weighted by molar-refractivity contribution is -0.129. The van der Waals surface area contributed by atoms with Crippen LogP contribution in [0.25, 0.3) is 0 Å². The van der Waals surface area contributed by atoms with Crippen molar-refractivity contribution in [1.29, 1.82) is 0 Å². The molecule has 1 N–H and O–H groups in total. The molecule has 1 saturated heterocycles. The number of hydrogen-bond donors (Lipinski definition) is 1. The van der Waals surface area contributed by atoms with Gasteiger partial charge in [0.15, 0.2) is 0 Å². The Bertz CT molecular complexity index is 665. The number of benzene rings is 1. The minimum Gasteiger partial charge on any atom is -0.392 e. The molecule has 1 amide bonds. The van der Waals surface area contributed by atoms with Crippen LogP contribution in [0.5, 0.6) is 0 Å². The maximum Gasteiger partial charge on any atom is 0.223 e. The molecule has 2 fully saturated rings. The Balaban J connectivity index is 1.63. The van der Waals surface area contributed by atoms with Gasteiger partial charge >= 0.3 is 0 Å². The molecule has 1 aromatic carbocycles. The molecule has 1 heterocycles. The summed E-state index contributed by atoms with van der Waals surface area (Å²) in [6.45, 7) is 9.21. The van der Waals surface area contributed by atoms with Gasteiger partial charge in [-0.3, -0.25) is 4.79 Å². The predicted molar refractivity (Wildman–Crippen MR) is 105 cm³/mol. The number of aliphatic hydroxyl groups excluding tert-OH is 1. The molecule has 3 rings (SSSR count). The van der Waals surface area contributed by atoms with Crippen LogP contribution in [0, 0.1) is 26.7 Å². The van der Waals surface area contributed by atoms with Crippen LogP contribution in [0.3, 0.4) is 0 Å². The van der Waals surface area contributed by atoms with E-state index in [2.05, 4.69) is 43.7 Å². The fourth-order valence-corrected chi connectivity index (χ4v) is 5.03. The summed E-state index contributed by atoms with van der Waals surface area (Å²) < 4.78 is 0. The van der Waals surface area contributed by atoms with Gasteiger partial charge in [0.25, 0.3) is 0 Å². The van der Waals surface area contributed by atoms with Gasteiger partial charge in [-0.25, -0.2) is 0 Å². The van der Waals surface area contributed by atoms with Crippen LogP contribution in [0.15, 0.2) is 6.07 Å². The van der Waals surface area contributed by atoms with Crippen LogP contribution in [0.2, 0.25) is 0 Å². The third-order valence-electron chi connectivity index (χ3n) is 6.45. The van der Waals surface area contributed by atoms with Crippen LogP contribution >= 0.6 is 0 Å². The largest absolute Gasteiger partial charge is 0.392 e. The van der Waals surface area contributed by atoms with Gasteiger partial charge in [0.2, 0.25) is 5.91 Å². The zero-order valence-electron chi connectivity index (χ0n) is 16.8. The van der Waals surface area contributed by atoms with E-state index in [-0.39, 0.29) is 6.61 Å². The molecule has 1 aromatic rings. The second-order valence-electron chi connectivity index (χ2n) is 8.50. The van der Waals surface area contributed by atoms with Crippen molar-refractivity contribution in [1.82, 2.24) is 9.80 Å². The van der Waals surface area contributed by atoms with E-state index in [4.69, 9.17) is 0 Å². The minimum atomic E-state index is 0.0993. The first-order valence-electron chi connectivity index (χ1n) is 10.1. The van der Waals surface area contributed by atoms with Gasteiger partial charge in [0.1, 0.15) is 0 Å². The number of carbonyl (C=O) groups excluding carboxylic acids is 1. The fourth-order valence-electron chi connectivity index (χ4n) is 5.03. The summed E-state index contributed by atoms with van der Waals surface area (Å²) >= 11 is 0. The zero-order chi connectivity index (χ0) is 18.8. The van der Waals surface area contributed by atoms with Crippen molar-refractivity contribution in [3.63, 3.8) is 0 Å². The Morgan fingerprint density at radius 2 is 1.81 bits per heavy atom. The molecule has 1 aliphatic heterocycles. The molecule has 1 saturated carbocycles. The summed E-state index contributed by atoms with van der Waals surface area (Å²) in [5.41, 5.74) is 6.05. The Morgan fingerprint density at radius 3 is 2.46 bits per heavy atom. The van der Waals surface area contributed by atoms with Crippen LogP contribution < -0.4 is 0 Å². The van der Waals surface area contributed by atoms with Crippen LogP contribution in [0.4, 0.5) is 0 Å². The molecule has 0 unspecified atom stereocenters. The third-order valence-corrected chi connectivity index (χ3v) is 6.45. The van der Waals surface area contributed by atoms with Crippen molar-refractivity contribution in [2.24, 2.45) is 5.92 Å². The van der Waals surface area contributed by atoms with E-state index in [1.807, 2.05) is 0 Å². The first-order valence-corrected chi connectivity index (χ1v) is 10.1. The minimum absolute atomic E-state index is 0.0993. The molecule has 0 radical (unpaired) electrons. The van der Waals surface area contributed by atoms with E-state index < -0.39 is 0 Å². The lowest BCUT2D eigenvalue weighted by atomic mass is 9.93. The second-order valence-corrected chi connectivity index (χ2v) is 8.50. The highest BCUT2D eigenvalue weighted by Crippen LogP contribution is 2.30. The van der Waals surface area contributed by atoms with Gasteiger partial charge < -0.3 is 14.9 Å². The van der Waals surface area contributed by atoms with Gasteiger partial charge in [0.05, 0.1) is 6.61 Å². The highest BCUT2D eigenvalue weighted by molar-refractivity contribution is 5.79. The number of likely N-dealkylation sites (tertiary alicyclic amines) is 1. The highest BCUT2D eigenvalue weighted by atomic mass is 16.3. The smallest absolute Gasteiger partial charge is 0.223 e. The van der Waals surface area contributed by atoms with Gasteiger partial charge in [-0.15, -0.1) is 0 Å². The van der Waals surface area contributed by atoms with E-state index in [0.717, 1.165) is 25.2 Å². The average Bonchev–Trinajstić information content (AvgIpc) is 3.21. The number of rotatable bonds is 6. The van der Waals surface area contributed by atoms with E-state index in [1.54, 1.807) is 0 Å². The quantitative estimate of drug-likeness (QED) is 0.848. The zero-order valence-corrected chi connectivity index (χ0v) is 16.8. The molecule has 144 valence electrons. The van der Waals surface area contributed by atoms with Crippen molar-refractivity contribution in [3.05, 3.63) is 33.9 Å². The molecule has 0 bridgehead atoms. The van der Waals surface area contributed by atoms with Gasteiger partial charge in [-0.1, -0.05) is 18.9 Å². The molecule has 0 aromatic heterocycles. The lowest BCUT2D eigenvalue weighted by Gasteiger charge is -2.26. The molecular weight excluding hydrogens is 324 g/mol. The molecule has 4 nitrogen and oxygen atoms in total. The maximum absolute atomic E-state index is 12.4. The maximum atomic E-state index is 12.4.